The number of hydrogen-bond donors (Lipinski definition) is 3. The summed E-state index contributed by atoms with van der Waals surface area (Å²) in [6, 6.07) is 14.9. The van der Waals surface area contributed by atoms with Crippen molar-refractivity contribution in [1.82, 2.24) is 9.97 Å². The Morgan fingerprint density at radius 3 is 2.40 bits per heavy atom. The van der Waals surface area contributed by atoms with Crippen LogP contribution in [0, 0.1) is 0 Å². The highest BCUT2D eigenvalue weighted by molar-refractivity contribution is 5.99. The van der Waals surface area contributed by atoms with Crippen molar-refractivity contribution >= 4 is 34.0 Å². The second kappa shape index (κ2) is 6.28. The molecule has 25 heavy (non-hydrogen) atoms. The molecule has 5 nitrogen and oxygen atoms in total. The van der Waals surface area contributed by atoms with E-state index in [4.69, 9.17) is 0 Å². The number of benzene rings is 2. The molecular formula is C20H17N3O2. The predicted octanol–water partition coefficient (Wildman–Crippen LogP) is 3.76. The Morgan fingerprint density at radius 1 is 1.00 bits per heavy atom. The standard InChI is InChI=1S/C20H17N3O2/c24-20(25)19(9-13-10-21-17-7-3-1-5-15(13)17)23-12-14-11-22-18-8-4-2-6-16(14)18/h1-8,10-12,19,21-22H,9H2,(H,24,25)/t19-/m0/s1. The van der Waals surface area contributed by atoms with Gasteiger partial charge in [-0.25, -0.2) is 4.79 Å². The molecule has 2 aromatic carbocycles. The van der Waals surface area contributed by atoms with Crippen LogP contribution < -0.4 is 0 Å². The van der Waals surface area contributed by atoms with Gasteiger partial charge in [-0.3, -0.25) is 4.99 Å². The first kappa shape index (κ1) is 15.2. The van der Waals surface area contributed by atoms with Crippen LogP contribution >= 0.6 is 0 Å². The van der Waals surface area contributed by atoms with Crippen LogP contribution in [0.4, 0.5) is 0 Å². The Bertz CT molecular complexity index is 1070. The van der Waals surface area contributed by atoms with Crippen LogP contribution in [-0.2, 0) is 11.2 Å². The molecule has 1 atom stereocenters. The largest absolute Gasteiger partial charge is 0.480 e. The summed E-state index contributed by atoms with van der Waals surface area (Å²) in [5.41, 5.74) is 3.86. The summed E-state index contributed by atoms with van der Waals surface area (Å²) in [4.78, 5) is 22.3. The molecule has 3 N–H and O–H groups in total. The first-order valence-electron chi connectivity index (χ1n) is 8.09. The van der Waals surface area contributed by atoms with Crippen molar-refractivity contribution in [3.8, 4) is 0 Å². The van der Waals surface area contributed by atoms with Gasteiger partial charge in [0.05, 0.1) is 0 Å². The van der Waals surface area contributed by atoms with E-state index in [1.54, 1.807) is 6.21 Å². The molecule has 0 amide bonds. The average molecular weight is 331 g/mol. The van der Waals surface area contributed by atoms with Gasteiger partial charge in [0.1, 0.15) is 0 Å². The van der Waals surface area contributed by atoms with E-state index in [-0.39, 0.29) is 0 Å². The molecule has 0 spiro atoms. The Hall–Kier alpha value is -3.34. The quantitative estimate of drug-likeness (QED) is 0.487. The number of aliphatic imine (C=N–C) groups is 1. The van der Waals surface area contributed by atoms with E-state index in [1.807, 2.05) is 60.9 Å². The molecule has 5 heteroatoms. The third-order valence-electron chi connectivity index (χ3n) is 4.39. The second-order valence-electron chi connectivity index (χ2n) is 5.99. The van der Waals surface area contributed by atoms with Gasteiger partial charge in [-0.15, -0.1) is 0 Å². The molecule has 0 aliphatic rings. The molecule has 0 unspecified atom stereocenters. The van der Waals surface area contributed by atoms with Crippen LogP contribution in [-0.4, -0.2) is 33.3 Å². The van der Waals surface area contributed by atoms with Gasteiger partial charge < -0.3 is 15.1 Å². The molecule has 0 saturated carbocycles. The normalized spacial score (nSPS) is 13.0. The van der Waals surface area contributed by atoms with E-state index >= 15 is 0 Å². The summed E-state index contributed by atoms with van der Waals surface area (Å²) in [5.74, 6) is -0.929. The lowest BCUT2D eigenvalue weighted by Gasteiger charge is -2.06. The number of para-hydroxylation sites is 2. The second-order valence-corrected chi connectivity index (χ2v) is 5.99. The minimum Gasteiger partial charge on any atom is -0.480 e. The number of carboxylic acids is 1. The van der Waals surface area contributed by atoms with E-state index in [9.17, 15) is 9.90 Å². The molecule has 2 heterocycles. The van der Waals surface area contributed by atoms with Crippen LogP contribution in [0.15, 0.2) is 65.9 Å². The Morgan fingerprint density at radius 2 is 1.64 bits per heavy atom. The molecule has 0 bridgehead atoms. The fourth-order valence-corrected chi connectivity index (χ4v) is 3.08. The van der Waals surface area contributed by atoms with E-state index in [0.29, 0.717) is 6.42 Å². The molecule has 0 fully saturated rings. The molecule has 2 aromatic heterocycles. The molecular weight excluding hydrogens is 314 g/mol. The van der Waals surface area contributed by atoms with E-state index < -0.39 is 12.0 Å². The molecule has 124 valence electrons. The number of nitrogens with zero attached hydrogens (tertiary/aromatic N) is 1. The van der Waals surface area contributed by atoms with Crippen molar-refractivity contribution in [2.75, 3.05) is 0 Å². The fourth-order valence-electron chi connectivity index (χ4n) is 3.08. The maximum Gasteiger partial charge on any atom is 0.328 e. The molecule has 0 aliphatic carbocycles. The van der Waals surface area contributed by atoms with Crippen LogP contribution in [0.2, 0.25) is 0 Å². The minimum absolute atomic E-state index is 0.345. The highest BCUT2D eigenvalue weighted by Crippen LogP contribution is 2.20. The first-order valence-corrected chi connectivity index (χ1v) is 8.09. The molecule has 4 rings (SSSR count). The van der Waals surface area contributed by atoms with Crippen LogP contribution in [0.3, 0.4) is 0 Å². The van der Waals surface area contributed by atoms with E-state index in [1.165, 1.54) is 0 Å². The number of carboxylic acid groups (broad SMARTS) is 1. The molecule has 0 saturated heterocycles. The number of nitrogens with one attached hydrogen (secondary N) is 2. The molecule has 0 radical (unpaired) electrons. The van der Waals surface area contributed by atoms with Gasteiger partial charge in [-0.2, -0.15) is 0 Å². The monoisotopic (exact) mass is 331 g/mol. The van der Waals surface area contributed by atoms with Crippen molar-refractivity contribution in [2.24, 2.45) is 4.99 Å². The number of aliphatic carboxylic acids is 1. The lowest BCUT2D eigenvalue weighted by atomic mass is 10.1. The smallest absolute Gasteiger partial charge is 0.328 e. The highest BCUT2D eigenvalue weighted by atomic mass is 16.4. The first-order chi connectivity index (χ1) is 12.2. The lowest BCUT2D eigenvalue weighted by Crippen LogP contribution is -2.20. The van der Waals surface area contributed by atoms with Gasteiger partial charge in [0, 0.05) is 52.4 Å². The summed E-state index contributed by atoms with van der Waals surface area (Å²) >= 11 is 0. The van der Waals surface area contributed by atoms with Crippen molar-refractivity contribution in [1.29, 1.82) is 0 Å². The van der Waals surface area contributed by atoms with Crippen molar-refractivity contribution < 1.29 is 9.90 Å². The zero-order valence-electron chi connectivity index (χ0n) is 13.4. The number of aromatic amines is 2. The van der Waals surface area contributed by atoms with Crippen molar-refractivity contribution in [3.05, 3.63) is 72.1 Å². The minimum atomic E-state index is -0.929. The van der Waals surface area contributed by atoms with Crippen LogP contribution in [0.5, 0.6) is 0 Å². The SMILES string of the molecule is O=C(O)[C@H](Cc1c[nH]c2ccccc12)N=Cc1c[nH]c2ccccc12. The Balaban J connectivity index is 1.62. The summed E-state index contributed by atoms with van der Waals surface area (Å²) in [6.45, 7) is 0. The van der Waals surface area contributed by atoms with Gasteiger partial charge in [0.25, 0.3) is 0 Å². The van der Waals surface area contributed by atoms with Crippen molar-refractivity contribution in [2.45, 2.75) is 12.5 Å². The summed E-state index contributed by atoms with van der Waals surface area (Å²) < 4.78 is 0. The van der Waals surface area contributed by atoms with Gasteiger partial charge in [-0.05, 0) is 17.7 Å². The maximum atomic E-state index is 11.7. The highest BCUT2D eigenvalue weighted by Gasteiger charge is 2.18. The van der Waals surface area contributed by atoms with E-state index in [2.05, 4.69) is 15.0 Å². The topological polar surface area (TPSA) is 81.2 Å². The number of H-pyrrole nitrogens is 2. The van der Waals surface area contributed by atoms with Crippen LogP contribution in [0.25, 0.3) is 21.8 Å². The van der Waals surface area contributed by atoms with E-state index in [0.717, 1.165) is 32.9 Å². The maximum absolute atomic E-state index is 11.7. The molecule has 4 aromatic rings. The number of aromatic nitrogens is 2. The average Bonchev–Trinajstić information content (AvgIpc) is 3.22. The Kier molecular flexibility index (Phi) is 3.82. The summed E-state index contributed by atoms with van der Waals surface area (Å²) in [7, 11) is 0. The zero-order chi connectivity index (χ0) is 17.2. The lowest BCUT2D eigenvalue weighted by molar-refractivity contribution is -0.138. The van der Waals surface area contributed by atoms with Gasteiger partial charge in [-0.1, -0.05) is 36.4 Å². The third-order valence-corrected chi connectivity index (χ3v) is 4.39. The fraction of sp³-hybridized carbons (Fsp3) is 0.100. The van der Waals surface area contributed by atoms with Gasteiger partial charge in [0.15, 0.2) is 6.04 Å². The molecule has 0 aliphatic heterocycles. The number of hydrogen-bond acceptors (Lipinski definition) is 2. The van der Waals surface area contributed by atoms with Crippen molar-refractivity contribution in [3.63, 3.8) is 0 Å². The summed E-state index contributed by atoms with van der Waals surface area (Å²) in [6.07, 6.45) is 5.70. The van der Waals surface area contributed by atoms with Crippen LogP contribution in [0.1, 0.15) is 11.1 Å². The summed E-state index contributed by atoms with van der Waals surface area (Å²) in [5, 5.41) is 11.6. The zero-order valence-corrected chi connectivity index (χ0v) is 13.4. The number of carbonyl (C=O) groups is 1. The number of fused-ring (bicyclic) bond motifs is 2. The van der Waals surface area contributed by atoms with Gasteiger partial charge >= 0.3 is 5.97 Å². The number of rotatable bonds is 5. The Labute approximate surface area is 144 Å². The predicted molar refractivity (Wildman–Crippen MR) is 99.3 cm³/mol. The third kappa shape index (κ3) is 2.92. The van der Waals surface area contributed by atoms with Gasteiger partial charge in [0.2, 0.25) is 0 Å².